The summed E-state index contributed by atoms with van der Waals surface area (Å²) in [6, 6.07) is 6.52. The van der Waals surface area contributed by atoms with Gasteiger partial charge >= 0.3 is 5.97 Å². The lowest BCUT2D eigenvalue weighted by atomic mass is 10.0. The number of hydrogen-bond donors (Lipinski definition) is 4. The van der Waals surface area contributed by atoms with Crippen molar-refractivity contribution in [1.82, 2.24) is 10.6 Å². The van der Waals surface area contributed by atoms with Gasteiger partial charge in [-0.3, -0.25) is 9.59 Å². The fraction of sp³-hybridized carbons (Fsp3) is 0.471. The van der Waals surface area contributed by atoms with Gasteiger partial charge in [-0.15, -0.1) is 0 Å². The molecule has 0 aromatic heterocycles. The van der Waals surface area contributed by atoms with Crippen LogP contribution in [0.3, 0.4) is 0 Å². The molecule has 2 amide bonds. The van der Waals surface area contributed by atoms with Gasteiger partial charge in [-0.25, -0.2) is 4.79 Å². The number of carbonyl (C=O) groups excluding carboxylic acids is 2. The SMILES string of the molecule is CSCCC(NC(=O)C(Cc1ccccc1)NC(=O)C(C)N)C(=O)O. The molecule has 25 heavy (non-hydrogen) atoms. The molecule has 0 aliphatic heterocycles. The number of amides is 2. The topological polar surface area (TPSA) is 122 Å². The Bertz CT molecular complexity index is 581. The molecular weight excluding hydrogens is 342 g/mol. The lowest BCUT2D eigenvalue weighted by Crippen LogP contribution is -2.54. The Morgan fingerprint density at radius 1 is 1.12 bits per heavy atom. The van der Waals surface area contributed by atoms with E-state index in [1.165, 1.54) is 18.7 Å². The van der Waals surface area contributed by atoms with Crippen LogP contribution in [0.4, 0.5) is 0 Å². The van der Waals surface area contributed by atoms with Gasteiger partial charge in [0.05, 0.1) is 6.04 Å². The van der Waals surface area contributed by atoms with Crippen LogP contribution >= 0.6 is 11.8 Å². The lowest BCUT2D eigenvalue weighted by molar-refractivity contribution is -0.142. The van der Waals surface area contributed by atoms with Crippen LogP contribution < -0.4 is 16.4 Å². The number of hydrogen-bond acceptors (Lipinski definition) is 5. The molecule has 3 atom stereocenters. The average molecular weight is 367 g/mol. The maximum atomic E-state index is 12.5. The molecule has 138 valence electrons. The normalized spacial score (nSPS) is 14.2. The molecule has 1 rings (SSSR count). The highest BCUT2D eigenvalue weighted by atomic mass is 32.2. The Kier molecular flexibility index (Phi) is 9.01. The molecule has 0 fully saturated rings. The summed E-state index contributed by atoms with van der Waals surface area (Å²) in [5.41, 5.74) is 6.40. The van der Waals surface area contributed by atoms with Gasteiger partial charge < -0.3 is 21.5 Å². The minimum atomic E-state index is -1.10. The molecular formula is C17H25N3O4S. The van der Waals surface area contributed by atoms with Crippen molar-refractivity contribution in [3.63, 3.8) is 0 Å². The first kappa shape index (κ1) is 21.0. The van der Waals surface area contributed by atoms with Crippen LogP contribution in [-0.2, 0) is 20.8 Å². The van der Waals surface area contributed by atoms with Gasteiger partial charge in [0, 0.05) is 6.42 Å². The number of nitrogens with one attached hydrogen (secondary N) is 2. The van der Waals surface area contributed by atoms with E-state index < -0.39 is 35.9 Å². The predicted molar refractivity (Wildman–Crippen MR) is 98.3 cm³/mol. The fourth-order valence-electron chi connectivity index (χ4n) is 2.13. The second-order valence-corrected chi connectivity index (χ2v) is 6.71. The average Bonchev–Trinajstić information content (AvgIpc) is 2.58. The smallest absolute Gasteiger partial charge is 0.326 e. The fourth-order valence-corrected chi connectivity index (χ4v) is 2.60. The van der Waals surface area contributed by atoms with Gasteiger partial charge in [0.25, 0.3) is 0 Å². The summed E-state index contributed by atoms with van der Waals surface area (Å²) in [7, 11) is 0. The van der Waals surface area contributed by atoms with Crippen molar-refractivity contribution in [3.8, 4) is 0 Å². The molecule has 0 aliphatic carbocycles. The summed E-state index contributed by atoms with van der Waals surface area (Å²) in [6.07, 6.45) is 2.42. The third-order valence-corrected chi connectivity index (χ3v) is 4.20. The minimum Gasteiger partial charge on any atom is -0.480 e. The maximum absolute atomic E-state index is 12.5. The van der Waals surface area contributed by atoms with Gasteiger partial charge in [-0.2, -0.15) is 11.8 Å². The van der Waals surface area contributed by atoms with Crippen molar-refractivity contribution in [2.24, 2.45) is 5.73 Å². The Morgan fingerprint density at radius 3 is 2.24 bits per heavy atom. The third kappa shape index (κ3) is 7.57. The highest BCUT2D eigenvalue weighted by molar-refractivity contribution is 7.98. The molecule has 0 bridgehead atoms. The molecule has 5 N–H and O–H groups in total. The Balaban J connectivity index is 2.86. The molecule has 0 aliphatic rings. The van der Waals surface area contributed by atoms with Crippen LogP contribution in [0.1, 0.15) is 18.9 Å². The molecule has 0 heterocycles. The Hall–Kier alpha value is -2.06. The van der Waals surface area contributed by atoms with Crippen molar-refractivity contribution in [3.05, 3.63) is 35.9 Å². The van der Waals surface area contributed by atoms with Gasteiger partial charge in [0.2, 0.25) is 11.8 Å². The molecule has 8 heteroatoms. The first-order valence-electron chi connectivity index (χ1n) is 7.97. The van der Waals surface area contributed by atoms with Crippen LogP contribution in [0.2, 0.25) is 0 Å². The van der Waals surface area contributed by atoms with Gasteiger partial charge in [0.15, 0.2) is 0 Å². The van der Waals surface area contributed by atoms with E-state index in [2.05, 4.69) is 10.6 Å². The first-order valence-corrected chi connectivity index (χ1v) is 9.36. The van der Waals surface area contributed by atoms with E-state index in [0.29, 0.717) is 12.2 Å². The molecule has 7 nitrogen and oxygen atoms in total. The van der Waals surface area contributed by atoms with Crippen LogP contribution in [0.25, 0.3) is 0 Å². The summed E-state index contributed by atoms with van der Waals surface area (Å²) < 4.78 is 0. The van der Waals surface area contributed by atoms with Gasteiger partial charge in [0.1, 0.15) is 12.1 Å². The van der Waals surface area contributed by atoms with Crippen molar-refractivity contribution in [2.75, 3.05) is 12.0 Å². The number of carboxylic acids is 1. The van der Waals surface area contributed by atoms with Crippen LogP contribution in [-0.4, -0.2) is 53.0 Å². The highest BCUT2D eigenvalue weighted by Crippen LogP contribution is 2.06. The van der Waals surface area contributed by atoms with Crippen LogP contribution in [0.5, 0.6) is 0 Å². The Labute approximate surface area is 151 Å². The molecule has 0 saturated carbocycles. The number of carbonyl (C=O) groups is 3. The molecule has 0 spiro atoms. The zero-order valence-electron chi connectivity index (χ0n) is 14.4. The number of rotatable bonds is 10. The van der Waals surface area contributed by atoms with E-state index >= 15 is 0 Å². The summed E-state index contributed by atoms with van der Waals surface area (Å²) in [6.45, 7) is 1.52. The van der Waals surface area contributed by atoms with E-state index in [1.54, 1.807) is 0 Å². The van der Waals surface area contributed by atoms with Gasteiger partial charge in [-0.05, 0) is 30.9 Å². The van der Waals surface area contributed by atoms with Gasteiger partial charge in [-0.1, -0.05) is 30.3 Å². The predicted octanol–water partition coefficient (Wildman–Crippen LogP) is 0.384. The van der Waals surface area contributed by atoms with E-state index in [1.807, 2.05) is 36.6 Å². The highest BCUT2D eigenvalue weighted by Gasteiger charge is 2.27. The molecule has 3 unspecified atom stereocenters. The third-order valence-electron chi connectivity index (χ3n) is 3.55. The van der Waals surface area contributed by atoms with Crippen molar-refractivity contribution < 1.29 is 19.5 Å². The molecule has 1 aromatic carbocycles. The summed E-state index contributed by atoms with van der Waals surface area (Å²) in [5, 5.41) is 14.4. The van der Waals surface area contributed by atoms with E-state index in [0.717, 1.165) is 5.56 Å². The summed E-state index contributed by atoms with van der Waals surface area (Å²) in [5.74, 6) is -1.50. The van der Waals surface area contributed by atoms with E-state index in [-0.39, 0.29) is 6.42 Å². The zero-order chi connectivity index (χ0) is 18.8. The van der Waals surface area contributed by atoms with Crippen LogP contribution in [0.15, 0.2) is 30.3 Å². The van der Waals surface area contributed by atoms with E-state index in [4.69, 9.17) is 5.73 Å². The van der Waals surface area contributed by atoms with Crippen molar-refractivity contribution in [1.29, 1.82) is 0 Å². The number of thioether (sulfide) groups is 1. The maximum Gasteiger partial charge on any atom is 0.326 e. The van der Waals surface area contributed by atoms with Crippen LogP contribution in [0, 0.1) is 0 Å². The molecule has 1 aromatic rings. The first-order chi connectivity index (χ1) is 11.8. The molecule has 0 saturated heterocycles. The van der Waals surface area contributed by atoms with Crippen molar-refractivity contribution in [2.45, 2.75) is 37.9 Å². The second kappa shape index (κ2) is 10.7. The summed E-state index contributed by atoms with van der Waals surface area (Å²) >= 11 is 1.50. The monoisotopic (exact) mass is 367 g/mol. The number of aliphatic carboxylic acids is 1. The Morgan fingerprint density at radius 2 is 1.72 bits per heavy atom. The minimum absolute atomic E-state index is 0.250. The standard InChI is InChI=1S/C17H25N3O4S/c1-11(18)15(21)20-14(10-12-6-4-3-5-7-12)16(22)19-13(17(23)24)8-9-25-2/h3-7,11,13-14H,8-10,18H2,1-2H3,(H,19,22)(H,20,21)(H,23,24). The van der Waals surface area contributed by atoms with E-state index in [9.17, 15) is 19.5 Å². The summed E-state index contributed by atoms with van der Waals surface area (Å²) in [4.78, 5) is 35.8. The zero-order valence-corrected chi connectivity index (χ0v) is 15.2. The second-order valence-electron chi connectivity index (χ2n) is 5.72. The lowest BCUT2D eigenvalue weighted by Gasteiger charge is -2.22. The molecule has 0 radical (unpaired) electrons. The number of benzene rings is 1. The number of carboxylic acid groups (broad SMARTS) is 1. The largest absolute Gasteiger partial charge is 0.480 e. The quantitative estimate of drug-likeness (QED) is 0.474. The van der Waals surface area contributed by atoms with Crippen molar-refractivity contribution >= 4 is 29.5 Å². The number of nitrogens with two attached hydrogens (primary N) is 1.